The van der Waals surface area contributed by atoms with Crippen molar-refractivity contribution in [1.82, 2.24) is 20.4 Å². The summed E-state index contributed by atoms with van der Waals surface area (Å²) in [6.07, 6.45) is 1.84. The van der Waals surface area contributed by atoms with E-state index in [4.69, 9.17) is 9.26 Å². The minimum absolute atomic E-state index is 0.110. The van der Waals surface area contributed by atoms with Crippen LogP contribution in [0.15, 0.2) is 47.1 Å². The average molecular weight is 394 g/mol. The van der Waals surface area contributed by atoms with Gasteiger partial charge in [-0.1, -0.05) is 35.5 Å². The van der Waals surface area contributed by atoms with Crippen LogP contribution in [0, 0.1) is 6.92 Å². The lowest BCUT2D eigenvalue weighted by molar-refractivity contribution is -0.137. The molecule has 0 radical (unpaired) electrons. The van der Waals surface area contributed by atoms with Crippen molar-refractivity contribution in [1.29, 1.82) is 0 Å². The van der Waals surface area contributed by atoms with E-state index in [1.165, 1.54) is 6.20 Å². The summed E-state index contributed by atoms with van der Waals surface area (Å²) in [7, 11) is 0. The van der Waals surface area contributed by atoms with Crippen LogP contribution >= 0.6 is 0 Å². The number of aromatic nitrogens is 2. The lowest BCUT2D eigenvalue weighted by Gasteiger charge is -2.30. The number of hydrogen-bond acceptors (Lipinski definition) is 6. The Kier molecular flexibility index (Phi) is 5.53. The summed E-state index contributed by atoms with van der Waals surface area (Å²) in [6.45, 7) is 3.84. The van der Waals surface area contributed by atoms with Gasteiger partial charge >= 0.3 is 0 Å². The predicted octanol–water partition coefficient (Wildman–Crippen LogP) is 1.73. The molecule has 1 aliphatic heterocycles. The predicted molar refractivity (Wildman–Crippen MR) is 105 cm³/mol. The van der Waals surface area contributed by atoms with E-state index in [1.54, 1.807) is 17.9 Å². The van der Waals surface area contributed by atoms with Gasteiger partial charge in [-0.2, -0.15) is 0 Å². The largest absolute Gasteiger partial charge is 0.378 e. The third-order valence-corrected chi connectivity index (χ3v) is 4.98. The molecule has 3 heterocycles. The fraction of sp³-hybridized carbons (Fsp3) is 0.333. The number of carbonyl (C=O) groups is 2. The summed E-state index contributed by atoms with van der Waals surface area (Å²) in [5.74, 6) is -0.469. The Bertz CT molecular complexity index is 1010. The number of aryl methyl sites for hydroxylation is 1. The highest BCUT2D eigenvalue weighted by molar-refractivity contribution is 5.99. The number of benzene rings is 1. The van der Waals surface area contributed by atoms with Crippen LogP contribution in [-0.4, -0.2) is 59.2 Å². The second-order valence-electron chi connectivity index (χ2n) is 7.00. The Morgan fingerprint density at radius 3 is 2.72 bits per heavy atom. The topological polar surface area (TPSA) is 97.6 Å². The number of amides is 2. The molecular formula is C21H22N4O4. The van der Waals surface area contributed by atoms with E-state index in [0.717, 1.165) is 5.56 Å². The molecule has 8 heteroatoms. The summed E-state index contributed by atoms with van der Waals surface area (Å²) in [6, 6.07) is 10.6. The number of ether oxygens (including phenoxy) is 1. The fourth-order valence-corrected chi connectivity index (χ4v) is 3.36. The number of nitrogens with one attached hydrogen (secondary N) is 1. The van der Waals surface area contributed by atoms with Crippen molar-refractivity contribution < 1.29 is 18.8 Å². The highest BCUT2D eigenvalue weighted by Crippen LogP contribution is 2.17. The van der Waals surface area contributed by atoms with Gasteiger partial charge in [-0.3, -0.25) is 9.59 Å². The van der Waals surface area contributed by atoms with E-state index in [-0.39, 0.29) is 11.8 Å². The standard InChI is InChI=1S/C21H22N4O4/c1-14-17-12-16(13-22-20(17)29-24-14)19(26)23-18(11-15-5-3-2-4-6-15)21(27)25-7-9-28-10-8-25/h2-6,12-13,18H,7-11H2,1H3,(H,23,26). The van der Waals surface area contributed by atoms with Crippen molar-refractivity contribution in [2.45, 2.75) is 19.4 Å². The molecule has 0 saturated carbocycles. The van der Waals surface area contributed by atoms with Crippen LogP contribution in [0.5, 0.6) is 0 Å². The van der Waals surface area contributed by atoms with E-state index in [1.807, 2.05) is 30.3 Å². The van der Waals surface area contributed by atoms with E-state index in [0.29, 0.717) is 55.1 Å². The molecule has 8 nitrogen and oxygen atoms in total. The van der Waals surface area contributed by atoms with Crippen molar-refractivity contribution in [3.8, 4) is 0 Å². The minimum atomic E-state index is -0.678. The van der Waals surface area contributed by atoms with Crippen molar-refractivity contribution in [2.75, 3.05) is 26.3 Å². The first-order valence-corrected chi connectivity index (χ1v) is 9.55. The van der Waals surface area contributed by atoms with Gasteiger partial charge in [0.15, 0.2) is 0 Å². The smallest absolute Gasteiger partial charge is 0.257 e. The van der Waals surface area contributed by atoms with E-state index < -0.39 is 6.04 Å². The molecular weight excluding hydrogens is 372 g/mol. The Hall–Kier alpha value is -3.26. The average Bonchev–Trinajstić information content (AvgIpc) is 3.14. The number of rotatable bonds is 5. The maximum absolute atomic E-state index is 13.1. The highest BCUT2D eigenvalue weighted by Gasteiger charge is 2.28. The molecule has 1 aromatic carbocycles. The lowest BCUT2D eigenvalue weighted by Crippen LogP contribution is -2.52. The summed E-state index contributed by atoms with van der Waals surface area (Å²) in [5, 5.41) is 7.43. The number of nitrogens with zero attached hydrogens (tertiary/aromatic N) is 3. The minimum Gasteiger partial charge on any atom is -0.378 e. The van der Waals surface area contributed by atoms with Crippen molar-refractivity contribution in [3.05, 3.63) is 59.4 Å². The van der Waals surface area contributed by atoms with Gasteiger partial charge in [0.25, 0.3) is 11.6 Å². The van der Waals surface area contributed by atoms with Crippen LogP contribution in [0.3, 0.4) is 0 Å². The maximum atomic E-state index is 13.1. The summed E-state index contributed by atoms with van der Waals surface area (Å²) in [5.41, 5.74) is 2.37. The Labute approximate surface area is 167 Å². The first kappa shape index (κ1) is 19.1. The van der Waals surface area contributed by atoms with Crippen molar-refractivity contribution in [2.24, 2.45) is 0 Å². The second kappa shape index (κ2) is 8.40. The lowest BCUT2D eigenvalue weighted by atomic mass is 10.0. The molecule has 1 unspecified atom stereocenters. The molecule has 1 aliphatic rings. The molecule has 4 rings (SSSR count). The highest BCUT2D eigenvalue weighted by atomic mass is 16.5. The number of fused-ring (bicyclic) bond motifs is 1. The van der Waals surface area contributed by atoms with Crippen LogP contribution < -0.4 is 5.32 Å². The van der Waals surface area contributed by atoms with Gasteiger partial charge in [0.2, 0.25) is 5.91 Å². The monoisotopic (exact) mass is 394 g/mol. The molecule has 2 aromatic heterocycles. The van der Waals surface area contributed by atoms with Crippen LogP contribution in [-0.2, 0) is 16.0 Å². The number of pyridine rings is 1. The number of morpholine rings is 1. The first-order valence-electron chi connectivity index (χ1n) is 9.55. The van der Waals surface area contributed by atoms with Gasteiger partial charge in [-0.25, -0.2) is 4.98 Å². The molecule has 1 N–H and O–H groups in total. The molecule has 0 aliphatic carbocycles. The normalized spacial score (nSPS) is 15.3. The zero-order valence-electron chi connectivity index (χ0n) is 16.1. The van der Waals surface area contributed by atoms with Crippen LogP contribution in [0.2, 0.25) is 0 Å². The molecule has 1 fully saturated rings. The van der Waals surface area contributed by atoms with Crippen molar-refractivity contribution in [3.63, 3.8) is 0 Å². The Balaban J connectivity index is 1.56. The van der Waals surface area contributed by atoms with Crippen LogP contribution in [0.1, 0.15) is 21.6 Å². The number of carbonyl (C=O) groups excluding carboxylic acids is 2. The zero-order valence-corrected chi connectivity index (χ0v) is 16.1. The quantitative estimate of drug-likeness (QED) is 0.708. The maximum Gasteiger partial charge on any atom is 0.257 e. The molecule has 1 atom stereocenters. The van der Waals surface area contributed by atoms with E-state index in [9.17, 15) is 9.59 Å². The number of hydrogen-bond donors (Lipinski definition) is 1. The van der Waals surface area contributed by atoms with Gasteiger partial charge < -0.3 is 19.5 Å². The zero-order chi connectivity index (χ0) is 20.2. The van der Waals surface area contributed by atoms with Crippen molar-refractivity contribution >= 4 is 22.9 Å². The molecule has 1 saturated heterocycles. The molecule has 150 valence electrons. The Morgan fingerprint density at radius 1 is 1.21 bits per heavy atom. The van der Waals surface area contributed by atoms with Gasteiger partial charge in [-0.05, 0) is 18.6 Å². The fourth-order valence-electron chi connectivity index (χ4n) is 3.36. The molecule has 0 bridgehead atoms. The van der Waals surface area contributed by atoms with E-state index >= 15 is 0 Å². The van der Waals surface area contributed by atoms with E-state index in [2.05, 4.69) is 15.5 Å². The van der Waals surface area contributed by atoms with Gasteiger partial charge in [0.05, 0.1) is 29.9 Å². The second-order valence-corrected chi connectivity index (χ2v) is 7.00. The Morgan fingerprint density at radius 2 is 1.97 bits per heavy atom. The summed E-state index contributed by atoms with van der Waals surface area (Å²) < 4.78 is 10.4. The first-order chi connectivity index (χ1) is 14.1. The third-order valence-electron chi connectivity index (χ3n) is 4.98. The van der Waals surface area contributed by atoms with Gasteiger partial charge in [-0.15, -0.1) is 0 Å². The molecule has 2 amide bonds. The van der Waals surface area contributed by atoms with Gasteiger partial charge in [0.1, 0.15) is 6.04 Å². The molecule has 3 aromatic rings. The summed E-state index contributed by atoms with van der Waals surface area (Å²) >= 11 is 0. The van der Waals surface area contributed by atoms with Gasteiger partial charge in [0, 0.05) is 25.7 Å². The SMILES string of the molecule is Cc1noc2ncc(C(=O)NC(Cc3ccccc3)C(=O)N3CCOCC3)cc12. The third kappa shape index (κ3) is 4.27. The van der Waals surface area contributed by atoms with Crippen LogP contribution in [0.4, 0.5) is 0 Å². The molecule has 29 heavy (non-hydrogen) atoms. The summed E-state index contributed by atoms with van der Waals surface area (Å²) in [4.78, 5) is 31.9. The molecule has 0 spiro atoms. The van der Waals surface area contributed by atoms with Crippen LogP contribution in [0.25, 0.3) is 11.1 Å².